The van der Waals surface area contributed by atoms with Crippen LogP contribution in [0.25, 0.3) is 11.0 Å². The van der Waals surface area contributed by atoms with Gasteiger partial charge in [-0.2, -0.15) is 0 Å². The van der Waals surface area contributed by atoms with Crippen LogP contribution >= 0.6 is 23.1 Å². The maximum Gasteiger partial charge on any atom is 0.167 e. The van der Waals surface area contributed by atoms with Crippen molar-refractivity contribution in [3.63, 3.8) is 0 Å². The van der Waals surface area contributed by atoms with Crippen LogP contribution in [-0.2, 0) is 0 Å². The fourth-order valence-corrected chi connectivity index (χ4v) is 4.63. The molecule has 1 aromatic carbocycles. The molecule has 5 heteroatoms. The molecule has 3 aromatic rings. The summed E-state index contributed by atoms with van der Waals surface area (Å²) in [6.45, 7) is 4.27. The minimum atomic E-state index is 0.126. The van der Waals surface area contributed by atoms with Crippen molar-refractivity contribution in [1.29, 1.82) is 0 Å². The Morgan fingerprint density at radius 2 is 2.10 bits per heavy atom. The molecule has 3 rings (SSSR count). The van der Waals surface area contributed by atoms with Gasteiger partial charge < -0.3 is 10.7 Å². The summed E-state index contributed by atoms with van der Waals surface area (Å²) in [7, 11) is 0. The molecule has 0 aliphatic heterocycles. The minimum Gasteiger partial charge on any atom is -0.333 e. The SMILES string of the molecule is CCC(N)C(Sc1nc2ccccc2[nH]1)c1ccc(C)s1. The van der Waals surface area contributed by atoms with Gasteiger partial charge in [0.2, 0.25) is 0 Å². The Hall–Kier alpha value is -1.30. The number of nitrogens with zero attached hydrogens (tertiary/aromatic N) is 1. The van der Waals surface area contributed by atoms with E-state index in [0.29, 0.717) is 0 Å². The van der Waals surface area contributed by atoms with Crippen LogP contribution in [0.5, 0.6) is 0 Å². The second-order valence-corrected chi connectivity index (χ2v) is 7.57. The predicted octanol–water partition coefficient (Wildman–Crippen LogP) is 4.50. The van der Waals surface area contributed by atoms with E-state index in [-0.39, 0.29) is 11.3 Å². The first-order chi connectivity index (χ1) is 10.2. The first-order valence-corrected chi connectivity index (χ1v) is 8.80. The molecule has 3 N–H and O–H groups in total. The first kappa shape index (κ1) is 14.6. The Labute approximate surface area is 133 Å². The molecular weight excluding hydrogens is 298 g/mol. The number of thiophene rings is 1. The van der Waals surface area contributed by atoms with Crippen LogP contribution in [-0.4, -0.2) is 16.0 Å². The van der Waals surface area contributed by atoms with Gasteiger partial charge in [-0.3, -0.25) is 0 Å². The third-order valence-corrected chi connectivity index (χ3v) is 6.02. The highest BCUT2D eigenvalue weighted by Gasteiger charge is 2.23. The van der Waals surface area contributed by atoms with Gasteiger partial charge in [0.25, 0.3) is 0 Å². The number of hydrogen-bond donors (Lipinski definition) is 2. The van der Waals surface area contributed by atoms with E-state index < -0.39 is 0 Å². The van der Waals surface area contributed by atoms with Crippen LogP contribution in [0.4, 0.5) is 0 Å². The van der Waals surface area contributed by atoms with Gasteiger partial charge in [-0.05, 0) is 37.6 Å². The monoisotopic (exact) mass is 317 g/mol. The Morgan fingerprint density at radius 3 is 2.76 bits per heavy atom. The van der Waals surface area contributed by atoms with E-state index in [1.54, 1.807) is 11.8 Å². The molecule has 0 amide bonds. The van der Waals surface area contributed by atoms with Crippen molar-refractivity contribution in [3.05, 3.63) is 46.2 Å². The van der Waals surface area contributed by atoms with Crippen molar-refractivity contribution >= 4 is 34.1 Å². The van der Waals surface area contributed by atoms with Gasteiger partial charge >= 0.3 is 0 Å². The normalized spacial score (nSPS) is 14.4. The summed E-state index contributed by atoms with van der Waals surface area (Å²) in [6.07, 6.45) is 0.953. The zero-order valence-electron chi connectivity index (χ0n) is 12.2. The van der Waals surface area contributed by atoms with Crippen LogP contribution in [0.3, 0.4) is 0 Å². The van der Waals surface area contributed by atoms with Gasteiger partial charge in [0.15, 0.2) is 5.16 Å². The quantitative estimate of drug-likeness (QED) is 0.681. The zero-order chi connectivity index (χ0) is 14.8. The fraction of sp³-hybridized carbons (Fsp3) is 0.312. The molecule has 0 saturated heterocycles. The molecule has 0 aliphatic carbocycles. The largest absolute Gasteiger partial charge is 0.333 e. The van der Waals surface area contributed by atoms with Gasteiger partial charge in [-0.25, -0.2) is 4.98 Å². The van der Waals surface area contributed by atoms with E-state index in [2.05, 4.69) is 42.0 Å². The fourth-order valence-electron chi connectivity index (χ4n) is 2.28. The van der Waals surface area contributed by atoms with Crippen molar-refractivity contribution < 1.29 is 0 Å². The number of benzene rings is 1. The molecule has 110 valence electrons. The van der Waals surface area contributed by atoms with E-state index in [1.165, 1.54) is 9.75 Å². The summed E-state index contributed by atoms with van der Waals surface area (Å²) in [5, 5.41) is 1.19. The average Bonchev–Trinajstić information content (AvgIpc) is 3.09. The second kappa shape index (κ2) is 6.22. The summed E-state index contributed by atoms with van der Waals surface area (Å²) in [4.78, 5) is 10.7. The highest BCUT2D eigenvalue weighted by Crippen LogP contribution is 2.40. The number of hydrogen-bond acceptors (Lipinski definition) is 4. The number of aryl methyl sites for hydroxylation is 1. The summed E-state index contributed by atoms with van der Waals surface area (Å²) >= 11 is 3.56. The van der Waals surface area contributed by atoms with Gasteiger partial charge in [0.05, 0.1) is 16.3 Å². The molecule has 0 fully saturated rings. The van der Waals surface area contributed by atoms with Crippen LogP contribution in [0, 0.1) is 6.92 Å². The van der Waals surface area contributed by atoms with Crippen LogP contribution in [0.1, 0.15) is 28.3 Å². The number of H-pyrrole nitrogens is 1. The number of para-hydroxylation sites is 2. The van der Waals surface area contributed by atoms with Gasteiger partial charge in [0.1, 0.15) is 0 Å². The molecule has 0 saturated carbocycles. The Kier molecular flexibility index (Phi) is 4.33. The molecule has 2 heterocycles. The highest BCUT2D eigenvalue weighted by atomic mass is 32.2. The molecule has 21 heavy (non-hydrogen) atoms. The first-order valence-electron chi connectivity index (χ1n) is 7.10. The van der Waals surface area contributed by atoms with Gasteiger partial charge in [0, 0.05) is 15.8 Å². The lowest BCUT2D eigenvalue weighted by atomic mass is 10.1. The smallest absolute Gasteiger partial charge is 0.167 e. The Balaban J connectivity index is 1.90. The van der Waals surface area contributed by atoms with Gasteiger partial charge in [-0.1, -0.05) is 30.8 Å². The molecule has 2 atom stereocenters. The van der Waals surface area contributed by atoms with E-state index in [1.807, 2.05) is 29.5 Å². The topological polar surface area (TPSA) is 54.7 Å². The third kappa shape index (κ3) is 3.15. The number of fused-ring (bicyclic) bond motifs is 1. The van der Waals surface area contributed by atoms with Crippen molar-refractivity contribution in [2.45, 2.75) is 36.7 Å². The number of thioether (sulfide) groups is 1. The number of aromatic amines is 1. The summed E-state index contributed by atoms with van der Waals surface area (Å²) < 4.78 is 0. The third-order valence-electron chi connectivity index (χ3n) is 3.51. The number of nitrogens with two attached hydrogens (primary N) is 1. The van der Waals surface area contributed by atoms with Gasteiger partial charge in [-0.15, -0.1) is 11.3 Å². The molecule has 0 aliphatic rings. The zero-order valence-corrected chi connectivity index (χ0v) is 13.8. The summed E-state index contributed by atoms with van der Waals surface area (Å²) in [6, 6.07) is 12.6. The lowest BCUT2D eigenvalue weighted by Gasteiger charge is -2.20. The highest BCUT2D eigenvalue weighted by molar-refractivity contribution is 7.99. The van der Waals surface area contributed by atoms with E-state index in [9.17, 15) is 0 Å². The van der Waals surface area contributed by atoms with Crippen molar-refractivity contribution in [1.82, 2.24) is 9.97 Å². The molecule has 3 nitrogen and oxygen atoms in total. The Morgan fingerprint density at radius 1 is 1.29 bits per heavy atom. The molecule has 2 unspecified atom stereocenters. The van der Waals surface area contributed by atoms with Crippen LogP contribution in [0.2, 0.25) is 0 Å². The number of rotatable bonds is 5. The molecular formula is C16H19N3S2. The summed E-state index contributed by atoms with van der Waals surface area (Å²) in [5.74, 6) is 0. The molecule has 0 spiro atoms. The van der Waals surface area contributed by atoms with E-state index in [0.717, 1.165) is 22.6 Å². The molecule has 2 aromatic heterocycles. The lowest BCUT2D eigenvalue weighted by Crippen LogP contribution is -2.25. The lowest BCUT2D eigenvalue weighted by molar-refractivity contribution is 0.638. The van der Waals surface area contributed by atoms with Crippen LogP contribution < -0.4 is 5.73 Å². The average molecular weight is 317 g/mol. The van der Waals surface area contributed by atoms with E-state index >= 15 is 0 Å². The molecule has 0 bridgehead atoms. The van der Waals surface area contributed by atoms with Crippen molar-refractivity contribution in [3.8, 4) is 0 Å². The second-order valence-electron chi connectivity index (χ2n) is 5.12. The number of imidazole rings is 1. The van der Waals surface area contributed by atoms with Crippen molar-refractivity contribution in [2.24, 2.45) is 5.73 Å². The van der Waals surface area contributed by atoms with Crippen molar-refractivity contribution in [2.75, 3.05) is 0 Å². The molecule has 0 radical (unpaired) electrons. The number of aromatic nitrogens is 2. The minimum absolute atomic E-state index is 0.126. The number of nitrogens with one attached hydrogen (secondary N) is 1. The predicted molar refractivity (Wildman–Crippen MR) is 92.0 cm³/mol. The van der Waals surface area contributed by atoms with Crippen LogP contribution in [0.15, 0.2) is 41.6 Å². The Bertz CT molecular complexity index is 699. The maximum atomic E-state index is 6.34. The maximum absolute atomic E-state index is 6.34. The summed E-state index contributed by atoms with van der Waals surface area (Å²) in [5.41, 5.74) is 8.43. The van der Waals surface area contributed by atoms with E-state index in [4.69, 9.17) is 5.73 Å². The standard InChI is InChI=1S/C16H19N3S2/c1-3-11(17)15(14-9-8-10(2)20-14)21-16-18-12-6-4-5-7-13(12)19-16/h4-9,11,15H,3,17H2,1-2H3,(H,18,19).